The standard InChI is InChI=1S/C21H16N2O4.C19H14N2O3.C18H12F3NO2/c1-26-19-10-15(6-7-16(19)20-11-22-12-27-20)23-21(25)17-8-13-4-2-3-5-14(13)9-18(17)24;1-24-18-10-15(7-6-14(18)11-20)21-19(23)16-8-12-4-2-3-5-13(12)9-17(16)22;19-18(20,21)13-5-7-14(8-6-13)22-17(24)15-9-11-3-1-2-4-12(11)10-16(15)23/h2-12,24H,1H3,(H,23,25);2-10,22H,1H3,(H,21,23);1-10,23H,(H,22,24). The Labute approximate surface area is 425 Å². The molecule has 14 nitrogen and oxygen atoms in total. The monoisotopic (exact) mass is 1010 g/mol. The number of anilines is 3. The predicted octanol–water partition coefficient (Wildman–Crippen LogP) is 13.0. The topological polar surface area (TPSA) is 216 Å². The van der Waals surface area contributed by atoms with Crippen molar-refractivity contribution in [3.63, 3.8) is 0 Å². The minimum Gasteiger partial charge on any atom is -0.507 e. The van der Waals surface area contributed by atoms with Gasteiger partial charge < -0.3 is 45.2 Å². The largest absolute Gasteiger partial charge is 0.507 e. The molecular formula is C58H42F3N5O9. The molecule has 1 heterocycles. The van der Waals surface area contributed by atoms with Crippen LogP contribution in [0, 0.1) is 11.3 Å². The number of aromatic nitrogens is 1. The fourth-order valence-corrected chi connectivity index (χ4v) is 7.75. The number of nitrogens with one attached hydrogen (secondary N) is 3. The lowest BCUT2D eigenvalue weighted by Gasteiger charge is -2.11. The number of phenols is 3. The van der Waals surface area contributed by atoms with Crippen LogP contribution in [0.3, 0.4) is 0 Å². The molecule has 0 aliphatic heterocycles. The Hall–Kier alpha value is -10.3. The molecule has 0 aliphatic carbocycles. The number of aromatic hydroxyl groups is 3. The van der Waals surface area contributed by atoms with Crippen molar-refractivity contribution in [2.45, 2.75) is 6.18 Å². The molecule has 0 spiro atoms. The highest BCUT2D eigenvalue weighted by atomic mass is 19.4. The molecule has 374 valence electrons. The second-order valence-corrected chi connectivity index (χ2v) is 16.4. The van der Waals surface area contributed by atoms with E-state index in [-0.39, 0.29) is 39.6 Å². The SMILES string of the molecule is COc1cc(NC(=O)c2cc3ccccc3cc2O)ccc1-c1cnco1.COc1cc(NC(=O)c2cc3ccccc3cc2O)ccc1C#N.O=C(Nc1ccc(C(F)(F)F)cc1)c1cc2ccccc2cc1O. The van der Waals surface area contributed by atoms with Gasteiger partial charge in [-0.2, -0.15) is 18.4 Å². The van der Waals surface area contributed by atoms with E-state index in [1.165, 1.54) is 44.9 Å². The van der Waals surface area contributed by atoms with Gasteiger partial charge in [-0.05, 0) is 117 Å². The van der Waals surface area contributed by atoms with Gasteiger partial charge in [0.15, 0.2) is 12.2 Å². The molecule has 9 aromatic carbocycles. The van der Waals surface area contributed by atoms with Crippen LogP contribution in [0.2, 0.25) is 0 Å². The summed E-state index contributed by atoms with van der Waals surface area (Å²) in [5, 5.41) is 52.3. The Kier molecular flexibility index (Phi) is 15.2. The van der Waals surface area contributed by atoms with Gasteiger partial charge in [0.2, 0.25) is 0 Å². The first kappa shape index (κ1) is 51.0. The fraction of sp³-hybridized carbons (Fsp3) is 0.0517. The van der Waals surface area contributed by atoms with Crippen LogP contribution in [-0.4, -0.2) is 52.2 Å². The van der Waals surface area contributed by atoms with Gasteiger partial charge in [-0.1, -0.05) is 72.8 Å². The van der Waals surface area contributed by atoms with Gasteiger partial charge in [-0.25, -0.2) is 4.98 Å². The van der Waals surface area contributed by atoms with Crippen LogP contribution in [0.4, 0.5) is 30.2 Å². The van der Waals surface area contributed by atoms with E-state index in [1.807, 2.05) is 60.7 Å². The van der Waals surface area contributed by atoms with Crippen LogP contribution in [0.25, 0.3) is 43.6 Å². The Morgan fingerprint density at radius 2 is 0.920 bits per heavy atom. The van der Waals surface area contributed by atoms with Crippen LogP contribution in [0.5, 0.6) is 28.7 Å². The third-order valence-corrected chi connectivity index (χ3v) is 11.5. The molecule has 10 aromatic rings. The predicted molar refractivity (Wildman–Crippen MR) is 278 cm³/mol. The van der Waals surface area contributed by atoms with Crippen molar-refractivity contribution in [2.75, 3.05) is 30.2 Å². The number of amides is 3. The Balaban J connectivity index is 0.000000150. The molecule has 0 unspecified atom stereocenters. The van der Waals surface area contributed by atoms with Crippen LogP contribution in [0.15, 0.2) is 187 Å². The molecule has 3 amide bonds. The lowest BCUT2D eigenvalue weighted by atomic mass is 10.1. The number of methoxy groups -OCH3 is 2. The second-order valence-electron chi connectivity index (χ2n) is 16.4. The number of nitrogens with zero attached hydrogens (tertiary/aromatic N) is 2. The molecule has 6 N–H and O–H groups in total. The molecule has 0 bridgehead atoms. The fourth-order valence-electron chi connectivity index (χ4n) is 7.75. The summed E-state index contributed by atoms with van der Waals surface area (Å²) in [5.74, 6) is -0.334. The van der Waals surface area contributed by atoms with E-state index in [0.29, 0.717) is 34.2 Å². The Bertz CT molecular complexity index is 3780. The molecule has 1 aromatic heterocycles. The number of carbonyl (C=O) groups excluding carboxylic acids is 3. The first-order valence-electron chi connectivity index (χ1n) is 22.5. The maximum Gasteiger partial charge on any atom is 0.416 e. The minimum atomic E-state index is -4.43. The molecule has 17 heteroatoms. The summed E-state index contributed by atoms with van der Waals surface area (Å²) in [7, 11) is 2.99. The zero-order chi connectivity index (χ0) is 53.2. The van der Waals surface area contributed by atoms with Gasteiger partial charge in [-0.3, -0.25) is 14.4 Å². The number of benzene rings is 9. The molecule has 0 aliphatic rings. The molecule has 0 atom stereocenters. The molecule has 0 radical (unpaired) electrons. The Morgan fingerprint density at radius 3 is 1.31 bits per heavy atom. The molecule has 0 fully saturated rings. The summed E-state index contributed by atoms with van der Waals surface area (Å²) in [6.07, 6.45) is -1.50. The molecule has 10 rings (SSSR count). The second kappa shape index (κ2) is 22.4. The summed E-state index contributed by atoms with van der Waals surface area (Å²) in [6, 6.07) is 47.7. The number of phenolic OH excluding ortho intramolecular Hbond substituents is 3. The van der Waals surface area contributed by atoms with E-state index < -0.39 is 29.5 Å². The van der Waals surface area contributed by atoms with E-state index in [9.17, 15) is 42.9 Å². The van der Waals surface area contributed by atoms with Gasteiger partial charge in [0.1, 0.15) is 34.8 Å². The van der Waals surface area contributed by atoms with E-state index in [1.54, 1.807) is 85.1 Å². The van der Waals surface area contributed by atoms with E-state index in [4.69, 9.17) is 19.2 Å². The minimum absolute atomic E-state index is 0.0496. The smallest absolute Gasteiger partial charge is 0.416 e. The molecular weight excluding hydrogens is 968 g/mol. The number of fused-ring (bicyclic) bond motifs is 3. The van der Waals surface area contributed by atoms with E-state index >= 15 is 0 Å². The average molecular weight is 1010 g/mol. The first-order chi connectivity index (χ1) is 36.1. The van der Waals surface area contributed by atoms with Crippen molar-refractivity contribution in [1.82, 2.24) is 4.98 Å². The summed E-state index contributed by atoms with van der Waals surface area (Å²) >= 11 is 0. The van der Waals surface area contributed by atoms with E-state index in [0.717, 1.165) is 50.0 Å². The van der Waals surface area contributed by atoms with Crippen molar-refractivity contribution in [3.8, 4) is 46.1 Å². The van der Waals surface area contributed by atoms with Crippen molar-refractivity contribution >= 4 is 67.1 Å². The van der Waals surface area contributed by atoms with Gasteiger partial charge in [0.05, 0.1) is 53.8 Å². The number of hydrogen-bond donors (Lipinski definition) is 6. The number of hydrogen-bond acceptors (Lipinski definition) is 11. The normalized spacial score (nSPS) is 10.8. The van der Waals surface area contributed by atoms with Crippen molar-refractivity contribution < 1.29 is 56.8 Å². The van der Waals surface area contributed by atoms with Crippen LogP contribution >= 0.6 is 0 Å². The molecule has 75 heavy (non-hydrogen) atoms. The van der Waals surface area contributed by atoms with E-state index in [2.05, 4.69) is 20.9 Å². The summed E-state index contributed by atoms with van der Waals surface area (Å²) in [6.45, 7) is 0. The number of alkyl halides is 3. The lowest BCUT2D eigenvalue weighted by molar-refractivity contribution is -0.137. The van der Waals surface area contributed by atoms with Crippen LogP contribution < -0.4 is 25.4 Å². The van der Waals surface area contributed by atoms with Gasteiger partial charge in [-0.15, -0.1) is 0 Å². The Morgan fingerprint density at radius 1 is 0.533 bits per heavy atom. The third kappa shape index (κ3) is 12.1. The van der Waals surface area contributed by atoms with Crippen molar-refractivity contribution in [3.05, 3.63) is 210 Å². The van der Waals surface area contributed by atoms with Gasteiger partial charge in [0, 0.05) is 29.2 Å². The zero-order valence-corrected chi connectivity index (χ0v) is 39.6. The summed E-state index contributed by atoms with van der Waals surface area (Å²) in [5.41, 5.74) is 1.95. The maximum absolute atomic E-state index is 12.7. The van der Waals surface area contributed by atoms with Crippen LogP contribution in [-0.2, 0) is 6.18 Å². The molecule has 0 saturated heterocycles. The number of oxazole rings is 1. The number of carbonyl (C=O) groups is 3. The summed E-state index contributed by atoms with van der Waals surface area (Å²) in [4.78, 5) is 41.3. The quantitative estimate of drug-likeness (QED) is 0.0799. The molecule has 0 saturated carbocycles. The highest BCUT2D eigenvalue weighted by Crippen LogP contribution is 2.35. The highest BCUT2D eigenvalue weighted by Gasteiger charge is 2.30. The number of nitriles is 1. The third-order valence-electron chi connectivity index (χ3n) is 11.5. The van der Waals surface area contributed by atoms with Crippen molar-refractivity contribution in [1.29, 1.82) is 5.26 Å². The number of halogens is 3. The van der Waals surface area contributed by atoms with Gasteiger partial charge in [0.25, 0.3) is 17.7 Å². The van der Waals surface area contributed by atoms with Crippen molar-refractivity contribution in [2.24, 2.45) is 0 Å². The number of ether oxygens (including phenoxy) is 2. The first-order valence-corrected chi connectivity index (χ1v) is 22.5. The summed E-state index contributed by atoms with van der Waals surface area (Å²) < 4.78 is 53.4. The maximum atomic E-state index is 12.7. The van der Waals surface area contributed by atoms with Crippen LogP contribution in [0.1, 0.15) is 42.2 Å². The average Bonchev–Trinajstić information content (AvgIpc) is 3.95. The van der Waals surface area contributed by atoms with Gasteiger partial charge >= 0.3 is 6.18 Å². The lowest BCUT2D eigenvalue weighted by Crippen LogP contribution is -2.12. The number of rotatable bonds is 9. The zero-order valence-electron chi connectivity index (χ0n) is 39.6. The highest BCUT2D eigenvalue weighted by molar-refractivity contribution is 6.10.